The van der Waals surface area contributed by atoms with E-state index in [-0.39, 0.29) is 5.97 Å². The van der Waals surface area contributed by atoms with Gasteiger partial charge in [0.25, 0.3) is 0 Å². The van der Waals surface area contributed by atoms with Gasteiger partial charge in [-0.25, -0.2) is 4.79 Å². The van der Waals surface area contributed by atoms with Crippen LogP contribution in [0.3, 0.4) is 0 Å². The van der Waals surface area contributed by atoms with Crippen molar-refractivity contribution >= 4 is 36.2 Å². The van der Waals surface area contributed by atoms with Gasteiger partial charge in [0.2, 0.25) is 0 Å². The molecule has 22 heavy (non-hydrogen) atoms. The molecule has 0 bridgehead atoms. The molecule has 0 aromatic heterocycles. The van der Waals surface area contributed by atoms with Gasteiger partial charge in [-0.15, -0.1) is 0 Å². The average Bonchev–Trinajstić information content (AvgIpc) is 2.93. The number of rotatable bonds is 4. The number of benzene rings is 2. The summed E-state index contributed by atoms with van der Waals surface area (Å²) in [5.41, 5.74) is 3.09. The molecule has 1 heterocycles. The predicted molar refractivity (Wildman–Crippen MR) is 86.1 cm³/mol. The SMILES string of the molecule is COC(=O)c1ccccc1SNc1ccc2c(c1)B(O)OC2. The van der Waals surface area contributed by atoms with Crippen molar-refractivity contribution < 1.29 is 19.2 Å². The summed E-state index contributed by atoms with van der Waals surface area (Å²) >= 11 is 1.32. The number of methoxy groups -OCH3 is 1. The van der Waals surface area contributed by atoms with Crippen LogP contribution >= 0.6 is 11.9 Å². The van der Waals surface area contributed by atoms with Gasteiger partial charge < -0.3 is 19.1 Å². The van der Waals surface area contributed by atoms with E-state index in [4.69, 9.17) is 9.39 Å². The number of hydrogen-bond acceptors (Lipinski definition) is 6. The maximum absolute atomic E-state index is 11.7. The zero-order valence-corrected chi connectivity index (χ0v) is 12.7. The van der Waals surface area contributed by atoms with Gasteiger partial charge in [-0.1, -0.05) is 18.2 Å². The number of ether oxygens (including phenoxy) is 1. The molecule has 3 rings (SSSR count). The Kier molecular flexibility index (Phi) is 4.38. The van der Waals surface area contributed by atoms with Crippen LogP contribution in [0.15, 0.2) is 47.4 Å². The van der Waals surface area contributed by atoms with E-state index in [1.54, 1.807) is 12.1 Å². The first-order valence-corrected chi connectivity index (χ1v) is 7.53. The first-order chi connectivity index (χ1) is 10.7. The highest BCUT2D eigenvalue weighted by Crippen LogP contribution is 2.25. The topological polar surface area (TPSA) is 67.8 Å². The summed E-state index contributed by atoms with van der Waals surface area (Å²) < 4.78 is 13.1. The van der Waals surface area contributed by atoms with Crippen LogP contribution in [0.5, 0.6) is 0 Å². The van der Waals surface area contributed by atoms with Gasteiger partial charge >= 0.3 is 13.1 Å². The minimum atomic E-state index is -0.871. The molecule has 0 fully saturated rings. The Labute approximate surface area is 132 Å². The molecule has 2 N–H and O–H groups in total. The Hall–Kier alpha value is -1.96. The summed E-state index contributed by atoms with van der Waals surface area (Å²) in [5, 5.41) is 9.72. The van der Waals surface area contributed by atoms with Crippen LogP contribution in [-0.4, -0.2) is 25.2 Å². The van der Waals surface area contributed by atoms with Gasteiger partial charge in [0.15, 0.2) is 0 Å². The summed E-state index contributed by atoms with van der Waals surface area (Å²) in [7, 11) is 0.489. The lowest BCUT2D eigenvalue weighted by Gasteiger charge is -2.10. The smallest absolute Gasteiger partial charge is 0.465 e. The lowest BCUT2D eigenvalue weighted by molar-refractivity contribution is 0.0597. The van der Waals surface area contributed by atoms with E-state index in [0.29, 0.717) is 12.2 Å². The van der Waals surface area contributed by atoms with Crippen LogP contribution in [0.4, 0.5) is 5.69 Å². The minimum Gasteiger partial charge on any atom is -0.465 e. The molecule has 0 amide bonds. The van der Waals surface area contributed by atoms with Crippen LogP contribution in [0.25, 0.3) is 0 Å². The van der Waals surface area contributed by atoms with E-state index >= 15 is 0 Å². The molecule has 0 aliphatic carbocycles. The van der Waals surface area contributed by atoms with E-state index in [9.17, 15) is 9.82 Å². The molecule has 2 aromatic carbocycles. The molecule has 2 aromatic rings. The Balaban J connectivity index is 1.76. The molecule has 0 atom stereocenters. The summed E-state index contributed by atoms with van der Waals surface area (Å²) in [5.74, 6) is -0.373. The van der Waals surface area contributed by atoms with Gasteiger partial charge in [-0.3, -0.25) is 0 Å². The third kappa shape index (κ3) is 2.97. The van der Waals surface area contributed by atoms with E-state index in [0.717, 1.165) is 21.6 Å². The highest BCUT2D eigenvalue weighted by atomic mass is 32.2. The van der Waals surface area contributed by atoms with Crippen molar-refractivity contribution in [1.82, 2.24) is 0 Å². The molecule has 5 nitrogen and oxygen atoms in total. The number of carbonyl (C=O) groups is 1. The summed E-state index contributed by atoms with van der Waals surface area (Å²) in [6, 6.07) is 12.9. The van der Waals surface area contributed by atoms with Crippen molar-refractivity contribution in [1.29, 1.82) is 0 Å². The van der Waals surface area contributed by atoms with E-state index in [1.165, 1.54) is 19.1 Å². The number of esters is 1. The van der Waals surface area contributed by atoms with Crippen molar-refractivity contribution in [2.24, 2.45) is 0 Å². The molecular formula is C15H14BNO4S. The largest absolute Gasteiger partial charge is 0.491 e. The zero-order valence-electron chi connectivity index (χ0n) is 11.9. The second-order valence-electron chi connectivity index (χ2n) is 4.77. The lowest BCUT2D eigenvalue weighted by atomic mass is 9.79. The second-order valence-corrected chi connectivity index (χ2v) is 5.62. The third-order valence-corrected chi connectivity index (χ3v) is 4.29. The molecule has 0 saturated heterocycles. The van der Waals surface area contributed by atoms with Crippen molar-refractivity contribution in [2.75, 3.05) is 11.8 Å². The fourth-order valence-corrected chi connectivity index (χ4v) is 2.99. The molecule has 0 radical (unpaired) electrons. The molecule has 1 aliphatic rings. The van der Waals surface area contributed by atoms with Crippen molar-refractivity contribution in [2.45, 2.75) is 11.5 Å². The number of fused-ring (bicyclic) bond motifs is 1. The average molecular weight is 315 g/mol. The van der Waals surface area contributed by atoms with Crippen LogP contribution < -0.4 is 10.2 Å². The third-order valence-electron chi connectivity index (χ3n) is 3.38. The lowest BCUT2D eigenvalue weighted by Crippen LogP contribution is -2.28. The van der Waals surface area contributed by atoms with Crippen molar-refractivity contribution in [3.63, 3.8) is 0 Å². The van der Waals surface area contributed by atoms with Gasteiger partial charge in [0.1, 0.15) is 0 Å². The first-order valence-electron chi connectivity index (χ1n) is 6.71. The van der Waals surface area contributed by atoms with Gasteiger partial charge in [-0.05, 0) is 47.2 Å². The Morgan fingerprint density at radius 1 is 1.36 bits per heavy atom. The van der Waals surface area contributed by atoms with Gasteiger partial charge in [0, 0.05) is 10.6 Å². The van der Waals surface area contributed by atoms with Gasteiger partial charge in [0.05, 0.1) is 19.3 Å². The normalized spacial score (nSPS) is 12.9. The highest BCUT2D eigenvalue weighted by molar-refractivity contribution is 8.00. The van der Waals surface area contributed by atoms with Crippen LogP contribution in [0.2, 0.25) is 0 Å². The van der Waals surface area contributed by atoms with Crippen LogP contribution in [-0.2, 0) is 16.0 Å². The van der Waals surface area contributed by atoms with E-state index < -0.39 is 7.12 Å². The number of anilines is 1. The standard InChI is InChI=1S/C15H14BNO4S/c1-20-15(18)12-4-2-3-5-14(12)22-17-11-7-6-10-9-21-16(19)13(10)8-11/h2-8,17,19H,9H2,1H3. The van der Waals surface area contributed by atoms with Gasteiger partial charge in [-0.2, -0.15) is 0 Å². The summed E-state index contributed by atoms with van der Waals surface area (Å²) in [6.45, 7) is 0.426. The fourth-order valence-electron chi connectivity index (χ4n) is 2.23. The van der Waals surface area contributed by atoms with E-state index in [1.807, 2.05) is 30.3 Å². The molecule has 0 unspecified atom stereocenters. The minimum absolute atomic E-state index is 0.373. The molecule has 0 spiro atoms. The molecular weight excluding hydrogens is 301 g/mol. The zero-order chi connectivity index (χ0) is 15.5. The highest BCUT2D eigenvalue weighted by Gasteiger charge is 2.27. The summed E-state index contributed by atoms with van der Waals surface area (Å²) in [4.78, 5) is 12.5. The number of carbonyl (C=O) groups excluding carboxylic acids is 1. The summed E-state index contributed by atoms with van der Waals surface area (Å²) in [6.07, 6.45) is 0. The monoisotopic (exact) mass is 315 g/mol. The first kappa shape index (κ1) is 15.0. The molecule has 0 saturated carbocycles. The Morgan fingerprint density at radius 3 is 3.00 bits per heavy atom. The Morgan fingerprint density at radius 2 is 2.18 bits per heavy atom. The van der Waals surface area contributed by atoms with Crippen LogP contribution in [0, 0.1) is 0 Å². The maximum Gasteiger partial charge on any atom is 0.491 e. The quantitative estimate of drug-likeness (QED) is 0.509. The van der Waals surface area contributed by atoms with Crippen molar-refractivity contribution in [3.8, 4) is 0 Å². The van der Waals surface area contributed by atoms with E-state index in [2.05, 4.69) is 4.72 Å². The second kappa shape index (κ2) is 6.43. The maximum atomic E-state index is 11.7. The predicted octanol–water partition coefficient (Wildman–Crippen LogP) is 1.81. The fraction of sp³-hybridized carbons (Fsp3) is 0.133. The number of nitrogens with one attached hydrogen (secondary N) is 1. The van der Waals surface area contributed by atoms with Crippen molar-refractivity contribution in [3.05, 3.63) is 53.6 Å². The molecule has 1 aliphatic heterocycles. The Bertz CT molecular complexity index is 710. The van der Waals surface area contributed by atoms with Crippen LogP contribution in [0.1, 0.15) is 15.9 Å². The molecule has 112 valence electrons. The molecule has 7 heteroatoms. The number of hydrogen-bond donors (Lipinski definition) is 2.